The minimum absolute atomic E-state index is 0.0407. The van der Waals surface area contributed by atoms with E-state index in [0.717, 1.165) is 24.6 Å². The first-order valence-electron chi connectivity index (χ1n) is 7.30. The molecule has 1 heterocycles. The van der Waals surface area contributed by atoms with Gasteiger partial charge in [0.05, 0.1) is 6.04 Å². The number of hydrogen-bond donors (Lipinski definition) is 2. The summed E-state index contributed by atoms with van der Waals surface area (Å²) in [6.07, 6.45) is 8.62. The molecule has 3 atom stereocenters. The van der Waals surface area contributed by atoms with Gasteiger partial charge in [0.2, 0.25) is 0 Å². The lowest BCUT2D eigenvalue weighted by atomic mass is 9.68. The average molecular weight is 259 g/mol. The highest BCUT2D eigenvalue weighted by atomic mass is 16.1. The van der Waals surface area contributed by atoms with Crippen LogP contribution in [0.25, 0.3) is 0 Å². The Hall–Kier alpha value is -1.42. The predicted molar refractivity (Wildman–Crippen MR) is 74.5 cm³/mol. The van der Waals surface area contributed by atoms with Crippen molar-refractivity contribution in [3.05, 3.63) is 24.4 Å². The van der Waals surface area contributed by atoms with Crippen LogP contribution in [0.3, 0.4) is 0 Å². The fourth-order valence-electron chi connectivity index (χ4n) is 3.53. The normalized spacial score (nSPS) is 30.7. The average Bonchev–Trinajstić information content (AvgIpc) is 2.47. The molecular weight excluding hydrogens is 238 g/mol. The maximum absolute atomic E-state index is 12.1. The molecule has 0 amide bonds. The van der Waals surface area contributed by atoms with Crippen molar-refractivity contribution in [1.29, 1.82) is 0 Å². The van der Waals surface area contributed by atoms with E-state index in [1.807, 2.05) is 18.2 Å². The highest BCUT2D eigenvalue weighted by Gasteiger charge is 2.39. The van der Waals surface area contributed by atoms with Crippen molar-refractivity contribution in [3.63, 3.8) is 0 Å². The smallest absolute Gasteiger partial charge is 0.151 e. The topological polar surface area (TPSA) is 54.0 Å². The zero-order chi connectivity index (χ0) is 13.1. The summed E-state index contributed by atoms with van der Waals surface area (Å²) < 4.78 is 0. The standard InChI is InChI=1S/C15H21N3O/c19-13-9-8-11-5-1-2-6-12(11)15(13)18-17-14-7-3-4-10-16-14/h3-4,7,10-12,15,18H,1-2,5-6,8-9H2,(H,16,17). The van der Waals surface area contributed by atoms with E-state index in [4.69, 9.17) is 0 Å². The van der Waals surface area contributed by atoms with E-state index >= 15 is 0 Å². The van der Waals surface area contributed by atoms with E-state index in [2.05, 4.69) is 15.8 Å². The first-order valence-corrected chi connectivity index (χ1v) is 7.30. The monoisotopic (exact) mass is 259 g/mol. The molecule has 4 heteroatoms. The largest absolute Gasteiger partial charge is 0.305 e. The lowest BCUT2D eigenvalue weighted by Crippen LogP contribution is -2.51. The predicted octanol–water partition coefficient (Wildman–Crippen LogP) is 2.54. The molecule has 3 unspecified atom stereocenters. The van der Waals surface area contributed by atoms with Gasteiger partial charge in [0, 0.05) is 12.6 Å². The van der Waals surface area contributed by atoms with E-state index < -0.39 is 0 Å². The number of rotatable bonds is 3. The summed E-state index contributed by atoms with van der Waals surface area (Å²) in [7, 11) is 0. The number of carbonyl (C=O) groups excluding carboxylic acids is 1. The number of hydrogen-bond acceptors (Lipinski definition) is 4. The number of fused-ring (bicyclic) bond motifs is 1. The summed E-state index contributed by atoms with van der Waals surface area (Å²) >= 11 is 0. The molecule has 0 bridgehead atoms. The van der Waals surface area contributed by atoms with Gasteiger partial charge in [-0.1, -0.05) is 25.3 Å². The molecule has 2 saturated carbocycles. The maximum atomic E-state index is 12.1. The van der Waals surface area contributed by atoms with E-state index in [-0.39, 0.29) is 6.04 Å². The second kappa shape index (κ2) is 5.70. The molecule has 2 N–H and O–H groups in total. The van der Waals surface area contributed by atoms with Crippen LogP contribution in [0.2, 0.25) is 0 Å². The molecule has 4 nitrogen and oxygen atoms in total. The van der Waals surface area contributed by atoms with Crippen molar-refractivity contribution in [2.75, 3.05) is 5.43 Å². The van der Waals surface area contributed by atoms with E-state index in [0.29, 0.717) is 11.7 Å². The summed E-state index contributed by atoms with van der Waals surface area (Å²) in [5.74, 6) is 2.36. The van der Waals surface area contributed by atoms with Gasteiger partial charge in [0.15, 0.2) is 5.78 Å². The first-order chi connectivity index (χ1) is 9.34. The fourth-order valence-corrected chi connectivity index (χ4v) is 3.53. The first kappa shape index (κ1) is 12.6. The molecular formula is C15H21N3O. The summed E-state index contributed by atoms with van der Waals surface area (Å²) in [5.41, 5.74) is 6.32. The molecule has 3 rings (SSSR count). The number of nitrogens with zero attached hydrogens (tertiary/aromatic N) is 1. The van der Waals surface area contributed by atoms with Crippen molar-refractivity contribution in [3.8, 4) is 0 Å². The van der Waals surface area contributed by atoms with Crippen LogP contribution in [-0.4, -0.2) is 16.8 Å². The molecule has 0 aliphatic heterocycles. The molecule has 1 aromatic rings. The highest BCUT2D eigenvalue weighted by molar-refractivity contribution is 5.85. The van der Waals surface area contributed by atoms with Crippen molar-refractivity contribution in [2.24, 2.45) is 11.8 Å². The Morgan fingerprint density at radius 1 is 1.16 bits per heavy atom. The Morgan fingerprint density at radius 2 is 2.05 bits per heavy atom. The van der Waals surface area contributed by atoms with E-state index in [1.54, 1.807) is 6.20 Å². The zero-order valence-corrected chi connectivity index (χ0v) is 11.1. The lowest BCUT2D eigenvalue weighted by molar-refractivity contribution is -0.126. The molecule has 0 aromatic carbocycles. The van der Waals surface area contributed by atoms with Crippen LogP contribution >= 0.6 is 0 Å². The van der Waals surface area contributed by atoms with Crippen LogP contribution in [0, 0.1) is 11.8 Å². The lowest BCUT2D eigenvalue weighted by Gasteiger charge is -2.40. The molecule has 2 aliphatic rings. The highest BCUT2D eigenvalue weighted by Crippen LogP contribution is 2.39. The second-order valence-corrected chi connectivity index (χ2v) is 5.68. The quantitative estimate of drug-likeness (QED) is 0.819. The van der Waals surface area contributed by atoms with Crippen molar-refractivity contribution >= 4 is 11.6 Å². The molecule has 0 saturated heterocycles. The third-order valence-corrected chi connectivity index (χ3v) is 4.53. The third-order valence-electron chi connectivity index (χ3n) is 4.53. The van der Waals surface area contributed by atoms with Gasteiger partial charge in [-0.25, -0.2) is 10.4 Å². The summed E-state index contributed by atoms with van der Waals surface area (Å²) in [6, 6.07) is 5.68. The fraction of sp³-hybridized carbons (Fsp3) is 0.600. The van der Waals surface area contributed by atoms with Gasteiger partial charge in [-0.15, -0.1) is 0 Å². The number of ketones is 1. The Bertz CT molecular complexity index is 434. The van der Waals surface area contributed by atoms with Gasteiger partial charge in [0.25, 0.3) is 0 Å². The van der Waals surface area contributed by atoms with Crippen LogP contribution in [0.4, 0.5) is 5.82 Å². The zero-order valence-electron chi connectivity index (χ0n) is 11.1. The Morgan fingerprint density at radius 3 is 2.89 bits per heavy atom. The van der Waals surface area contributed by atoms with Gasteiger partial charge in [-0.2, -0.15) is 0 Å². The Labute approximate surface area is 114 Å². The number of carbonyl (C=O) groups is 1. The van der Waals surface area contributed by atoms with Gasteiger partial charge >= 0.3 is 0 Å². The van der Waals surface area contributed by atoms with E-state index in [9.17, 15) is 4.79 Å². The van der Waals surface area contributed by atoms with Crippen LogP contribution in [-0.2, 0) is 4.79 Å². The Kier molecular flexibility index (Phi) is 3.78. The summed E-state index contributed by atoms with van der Waals surface area (Å²) in [5, 5.41) is 0. The van der Waals surface area contributed by atoms with Crippen molar-refractivity contribution in [2.45, 2.75) is 44.6 Å². The second-order valence-electron chi connectivity index (χ2n) is 5.68. The minimum atomic E-state index is -0.0407. The minimum Gasteiger partial charge on any atom is -0.305 e. The number of hydrazine groups is 1. The number of nitrogens with one attached hydrogen (secondary N) is 2. The van der Waals surface area contributed by atoms with Crippen LogP contribution in [0.15, 0.2) is 24.4 Å². The summed E-state index contributed by atoms with van der Waals surface area (Å²) in [6.45, 7) is 0. The van der Waals surface area contributed by atoms with Crippen LogP contribution in [0.1, 0.15) is 38.5 Å². The van der Waals surface area contributed by atoms with Gasteiger partial charge in [-0.05, 0) is 36.8 Å². The SMILES string of the molecule is O=C1CCC2CCCCC2C1NNc1ccccn1. The van der Waals surface area contributed by atoms with Gasteiger partial charge in [-0.3, -0.25) is 4.79 Å². The molecule has 102 valence electrons. The number of anilines is 1. The number of pyridine rings is 1. The third kappa shape index (κ3) is 2.78. The van der Waals surface area contributed by atoms with Crippen molar-refractivity contribution < 1.29 is 4.79 Å². The van der Waals surface area contributed by atoms with Crippen molar-refractivity contribution in [1.82, 2.24) is 10.4 Å². The maximum Gasteiger partial charge on any atom is 0.151 e. The van der Waals surface area contributed by atoms with Gasteiger partial charge < -0.3 is 5.43 Å². The number of Topliss-reactive ketones (excluding diaryl/α,β-unsaturated/α-hetero) is 1. The number of aromatic nitrogens is 1. The molecule has 0 radical (unpaired) electrons. The van der Waals surface area contributed by atoms with Crippen LogP contribution < -0.4 is 10.9 Å². The van der Waals surface area contributed by atoms with Crippen LogP contribution in [0.5, 0.6) is 0 Å². The molecule has 0 spiro atoms. The Balaban J connectivity index is 1.65. The molecule has 2 fully saturated rings. The van der Waals surface area contributed by atoms with E-state index in [1.165, 1.54) is 25.7 Å². The molecule has 2 aliphatic carbocycles. The molecule has 19 heavy (non-hydrogen) atoms. The summed E-state index contributed by atoms with van der Waals surface area (Å²) in [4.78, 5) is 16.4. The van der Waals surface area contributed by atoms with Gasteiger partial charge in [0.1, 0.15) is 5.82 Å². The molecule has 1 aromatic heterocycles.